The molecule has 0 aliphatic rings. The molecule has 6 heteroatoms. The summed E-state index contributed by atoms with van der Waals surface area (Å²) in [5.74, 6) is 0.107. The summed E-state index contributed by atoms with van der Waals surface area (Å²) in [4.78, 5) is 12.0. The van der Waals surface area contributed by atoms with Crippen LogP contribution in [0.5, 0.6) is 11.5 Å². The summed E-state index contributed by atoms with van der Waals surface area (Å²) < 4.78 is 10.4. The first-order valence-corrected chi connectivity index (χ1v) is 6.35. The Balaban J connectivity index is 2.22. The van der Waals surface area contributed by atoms with E-state index in [-0.39, 0.29) is 5.75 Å². The van der Waals surface area contributed by atoms with Crippen LogP contribution in [0.15, 0.2) is 47.6 Å². The number of rotatable bonds is 4. The van der Waals surface area contributed by atoms with E-state index in [2.05, 4.69) is 5.16 Å². The summed E-state index contributed by atoms with van der Waals surface area (Å²) in [6.07, 6.45) is 1.24. The molecule has 0 saturated heterocycles. The Labute approximate surface area is 126 Å². The third kappa shape index (κ3) is 3.73. The van der Waals surface area contributed by atoms with E-state index in [9.17, 15) is 4.79 Å². The first-order chi connectivity index (χ1) is 10.1. The van der Waals surface area contributed by atoms with Gasteiger partial charge in [0.05, 0.1) is 18.9 Å². The highest BCUT2D eigenvalue weighted by Crippen LogP contribution is 2.28. The van der Waals surface area contributed by atoms with Gasteiger partial charge in [0.15, 0.2) is 11.5 Å². The highest BCUT2D eigenvalue weighted by Gasteiger charge is 2.12. The number of carbonyl (C=O) groups is 1. The highest BCUT2D eigenvalue weighted by atomic mass is 35.5. The molecule has 0 aromatic heterocycles. The number of methoxy groups -OCH3 is 1. The predicted octanol–water partition coefficient (Wildman–Crippen LogP) is 3.38. The maximum atomic E-state index is 12.0. The van der Waals surface area contributed by atoms with Gasteiger partial charge in [0.25, 0.3) is 0 Å². The van der Waals surface area contributed by atoms with E-state index in [1.54, 1.807) is 42.5 Å². The van der Waals surface area contributed by atoms with Crippen molar-refractivity contribution in [2.45, 2.75) is 0 Å². The van der Waals surface area contributed by atoms with Crippen LogP contribution in [0, 0.1) is 0 Å². The van der Waals surface area contributed by atoms with Crippen LogP contribution in [0.1, 0.15) is 15.9 Å². The van der Waals surface area contributed by atoms with Crippen molar-refractivity contribution in [2.75, 3.05) is 7.11 Å². The third-order valence-corrected chi connectivity index (χ3v) is 2.93. The molecule has 0 radical (unpaired) electrons. The first-order valence-electron chi connectivity index (χ1n) is 5.97. The second kappa shape index (κ2) is 6.76. The molecule has 0 spiro atoms. The molecule has 0 heterocycles. The predicted molar refractivity (Wildman–Crippen MR) is 78.8 cm³/mol. The summed E-state index contributed by atoms with van der Waals surface area (Å²) in [7, 11) is 1.45. The Morgan fingerprint density at radius 1 is 1.19 bits per heavy atom. The van der Waals surface area contributed by atoms with E-state index < -0.39 is 5.97 Å². The van der Waals surface area contributed by atoms with Crippen LogP contribution in [0.2, 0.25) is 5.02 Å². The smallest absolute Gasteiger partial charge is 0.343 e. The number of hydrogen-bond acceptors (Lipinski definition) is 5. The molecule has 0 saturated carbocycles. The van der Waals surface area contributed by atoms with Gasteiger partial charge in [-0.1, -0.05) is 16.8 Å². The van der Waals surface area contributed by atoms with E-state index in [4.69, 9.17) is 26.3 Å². The molecule has 2 rings (SSSR count). The molecule has 1 N–H and O–H groups in total. The van der Waals surface area contributed by atoms with Crippen LogP contribution in [0.25, 0.3) is 0 Å². The molecule has 0 aliphatic heterocycles. The molecule has 0 aliphatic carbocycles. The van der Waals surface area contributed by atoms with Crippen molar-refractivity contribution in [1.29, 1.82) is 0 Å². The van der Waals surface area contributed by atoms with Crippen LogP contribution in [-0.2, 0) is 0 Å². The quantitative estimate of drug-likeness (QED) is 0.309. The first kappa shape index (κ1) is 14.9. The van der Waals surface area contributed by atoms with E-state index in [1.807, 2.05) is 0 Å². The van der Waals surface area contributed by atoms with Gasteiger partial charge in [-0.2, -0.15) is 0 Å². The zero-order valence-electron chi connectivity index (χ0n) is 11.1. The lowest BCUT2D eigenvalue weighted by Gasteiger charge is -2.09. The van der Waals surface area contributed by atoms with Gasteiger partial charge in [0.1, 0.15) is 0 Å². The van der Waals surface area contributed by atoms with Crippen molar-refractivity contribution in [3.63, 3.8) is 0 Å². The molecule has 21 heavy (non-hydrogen) atoms. The van der Waals surface area contributed by atoms with Gasteiger partial charge in [-0.15, -0.1) is 0 Å². The summed E-state index contributed by atoms with van der Waals surface area (Å²) in [6, 6.07) is 11.1. The van der Waals surface area contributed by atoms with Gasteiger partial charge in [-0.25, -0.2) is 4.79 Å². The van der Waals surface area contributed by atoms with Crippen molar-refractivity contribution < 1.29 is 19.5 Å². The van der Waals surface area contributed by atoms with E-state index in [0.29, 0.717) is 21.9 Å². The Morgan fingerprint density at radius 3 is 2.52 bits per heavy atom. The SMILES string of the molecule is COc1cc(/C=N/O)ccc1OC(=O)c1ccc(Cl)cc1. The van der Waals surface area contributed by atoms with Crippen molar-refractivity contribution in [2.24, 2.45) is 5.16 Å². The maximum Gasteiger partial charge on any atom is 0.343 e. The fraction of sp³-hybridized carbons (Fsp3) is 0.0667. The number of oxime groups is 1. The number of carbonyl (C=O) groups excluding carboxylic acids is 1. The minimum absolute atomic E-state index is 0.271. The number of hydrogen-bond donors (Lipinski definition) is 1. The summed E-state index contributed by atoms with van der Waals surface area (Å²) >= 11 is 5.77. The van der Waals surface area contributed by atoms with Crippen LogP contribution < -0.4 is 9.47 Å². The third-order valence-electron chi connectivity index (χ3n) is 2.68. The van der Waals surface area contributed by atoms with Crippen LogP contribution in [-0.4, -0.2) is 24.5 Å². The molecule has 2 aromatic carbocycles. The van der Waals surface area contributed by atoms with Crippen LogP contribution >= 0.6 is 11.6 Å². The summed E-state index contributed by atoms with van der Waals surface area (Å²) in [6.45, 7) is 0. The van der Waals surface area contributed by atoms with Crippen molar-refractivity contribution >= 4 is 23.8 Å². The van der Waals surface area contributed by atoms with E-state index in [1.165, 1.54) is 13.3 Å². The molecule has 2 aromatic rings. The number of ether oxygens (including phenoxy) is 2. The van der Waals surface area contributed by atoms with Gasteiger partial charge in [-0.3, -0.25) is 0 Å². The number of nitrogens with zero attached hydrogens (tertiary/aromatic N) is 1. The molecule has 0 bridgehead atoms. The minimum Gasteiger partial charge on any atom is -0.493 e. The lowest BCUT2D eigenvalue weighted by atomic mass is 10.2. The number of benzene rings is 2. The fourth-order valence-corrected chi connectivity index (χ4v) is 1.79. The maximum absolute atomic E-state index is 12.0. The normalized spacial score (nSPS) is 10.6. The zero-order valence-corrected chi connectivity index (χ0v) is 11.9. The van der Waals surface area contributed by atoms with Crippen molar-refractivity contribution in [3.8, 4) is 11.5 Å². The number of halogens is 1. The van der Waals surface area contributed by atoms with Crippen molar-refractivity contribution in [1.82, 2.24) is 0 Å². The van der Waals surface area contributed by atoms with Gasteiger partial charge < -0.3 is 14.7 Å². The lowest BCUT2D eigenvalue weighted by Crippen LogP contribution is -2.09. The van der Waals surface area contributed by atoms with Gasteiger partial charge in [0.2, 0.25) is 0 Å². The molecule has 108 valence electrons. The average molecular weight is 306 g/mol. The Kier molecular flexibility index (Phi) is 4.79. The monoisotopic (exact) mass is 305 g/mol. The molecule has 5 nitrogen and oxygen atoms in total. The zero-order chi connectivity index (χ0) is 15.2. The lowest BCUT2D eigenvalue weighted by molar-refractivity contribution is 0.0729. The number of esters is 1. The summed E-state index contributed by atoms with van der Waals surface area (Å²) in [5, 5.41) is 12.0. The second-order valence-corrected chi connectivity index (χ2v) is 4.49. The topological polar surface area (TPSA) is 68.1 Å². The van der Waals surface area contributed by atoms with Gasteiger partial charge in [0, 0.05) is 10.6 Å². The fourth-order valence-electron chi connectivity index (χ4n) is 1.66. The highest BCUT2D eigenvalue weighted by molar-refractivity contribution is 6.30. The molecule has 0 fully saturated rings. The van der Waals surface area contributed by atoms with Crippen LogP contribution in [0.3, 0.4) is 0 Å². The minimum atomic E-state index is -0.520. The second-order valence-electron chi connectivity index (χ2n) is 4.05. The van der Waals surface area contributed by atoms with E-state index >= 15 is 0 Å². The molecular weight excluding hydrogens is 294 g/mol. The van der Waals surface area contributed by atoms with Gasteiger partial charge in [-0.05, 0) is 42.5 Å². The Bertz CT molecular complexity index is 668. The molecule has 0 unspecified atom stereocenters. The van der Waals surface area contributed by atoms with Gasteiger partial charge >= 0.3 is 5.97 Å². The van der Waals surface area contributed by atoms with Crippen molar-refractivity contribution in [3.05, 3.63) is 58.6 Å². The molecule has 0 amide bonds. The Morgan fingerprint density at radius 2 is 1.90 bits per heavy atom. The standard InChI is InChI=1S/C15H12ClNO4/c1-20-14-8-10(9-17-19)2-7-13(14)21-15(18)11-3-5-12(16)6-4-11/h2-9,19H,1H3/b17-9+. The molecule has 0 atom stereocenters. The van der Waals surface area contributed by atoms with Crippen LogP contribution in [0.4, 0.5) is 0 Å². The summed E-state index contributed by atoms with van der Waals surface area (Å²) in [5.41, 5.74) is 0.989. The largest absolute Gasteiger partial charge is 0.493 e. The average Bonchev–Trinajstić information content (AvgIpc) is 2.49. The van der Waals surface area contributed by atoms with E-state index in [0.717, 1.165) is 0 Å². The molecular formula is C15H12ClNO4. The Hall–Kier alpha value is -2.53.